The molecule has 4 N–H and O–H groups in total. The minimum absolute atomic E-state index is 0. The zero-order chi connectivity index (χ0) is 19.1. The molecule has 2 fully saturated rings. The summed E-state index contributed by atoms with van der Waals surface area (Å²) in [6, 6.07) is 7.95. The highest BCUT2D eigenvalue weighted by Gasteiger charge is 2.38. The predicted octanol–water partition coefficient (Wildman–Crippen LogP) is 1.18. The van der Waals surface area contributed by atoms with Crippen LogP contribution in [0, 0.1) is 5.41 Å². The first-order valence-electron chi connectivity index (χ1n) is 9.68. The van der Waals surface area contributed by atoms with Crippen molar-refractivity contribution in [3.05, 3.63) is 29.8 Å². The number of rotatable bonds is 9. The normalized spacial score (nSPS) is 17.9. The molecule has 1 aliphatic heterocycles. The van der Waals surface area contributed by atoms with Gasteiger partial charge in [-0.25, -0.2) is 0 Å². The highest BCUT2D eigenvalue weighted by Crippen LogP contribution is 2.29. The standard InChI is InChI=1S/C20H29N3O4.ClH/c21-14-20(8-11-26-12-9-20)19(25)22-10-7-15-1-5-17(6-2-15)27-13-18(24)23-16-3-4-16;/h1-2,5-6,16H,3-4,7-14,21H2,(H,22,25)(H,23,24);1H. The summed E-state index contributed by atoms with van der Waals surface area (Å²) in [5.74, 6) is 0.610. The molecule has 1 heterocycles. The fraction of sp³-hybridized carbons (Fsp3) is 0.600. The van der Waals surface area contributed by atoms with Crippen LogP contribution < -0.4 is 21.1 Å². The first-order valence-corrected chi connectivity index (χ1v) is 9.68. The average molecular weight is 412 g/mol. The molecule has 28 heavy (non-hydrogen) atoms. The van der Waals surface area contributed by atoms with Crippen LogP contribution in [0.4, 0.5) is 0 Å². The van der Waals surface area contributed by atoms with Crippen molar-refractivity contribution in [1.82, 2.24) is 10.6 Å². The van der Waals surface area contributed by atoms with E-state index in [9.17, 15) is 9.59 Å². The summed E-state index contributed by atoms with van der Waals surface area (Å²) in [6.07, 6.45) is 4.21. The molecule has 0 aromatic heterocycles. The van der Waals surface area contributed by atoms with Gasteiger partial charge in [-0.15, -0.1) is 12.4 Å². The number of carbonyl (C=O) groups excluding carboxylic acids is 2. The summed E-state index contributed by atoms with van der Waals surface area (Å²) in [4.78, 5) is 24.1. The number of hydrogen-bond acceptors (Lipinski definition) is 5. The van der Waals surface area contributed by atoms with Crippen molar-refractivity contribution in [2.75, 3.05) is 32.9 Å². The second kappa shape index (κ2) is 10.6. The summed E-state index contributed by atoms with van der Waals surface area (Å²) < 4.78 is 10.8. The maximum atomic E-state index is 12.5. The molecule has 0 radical (unpaired) electrons. The number of halogens is 1. The maximum absolute atomic E-state index is 12.5. The van der Waals surface area contributed by atoms with Crippen LogP contribution >= 0.6 is 12.4 Å². The number of amides is 2. The number of benzene rings is 1. The number of ether oxygens (including phenoxy) is 2. The Morgan fingerprint density at radius 2 is 1.86 bits per heavy atom. The van der Waals surface area contributed by atoms with E-state index in [2.05, 4.69) is 10.6 Å². The van der Waals surface area contributed by atoms with Crippen molar-refractivity contribution in [2.24, 2.45) is 11.1 Å². The van der Waals surface area contributed by atoms with E-state index in [-0.39, 0.29) is 30.8 Å². The van der Waals surface area contributed by atoms with E-state index >= 15 is 0 Å². The average Bonchev–Trinajstić information content (AvgIpc) is 3.51. The fourth-order valence-corrected chi connectivity index (χ4v) is 3.19. The Kier molecular flexibility index (Phi) is 8.54. The Labute approximate surface area is 172 Å². The Balaban J connectivity index is 0.00000280. The van der Waals surface area contributed by atoms with E-state index in [0.29, 0.717) is 50.9 Å². The lowest BCUT2D eigenvalue weighted by Gasteiger charge is -2.34. The molecule has 1 saturated carbocycles. The van der Waals surface area contributed by atoms with E-state index < -0.39 is 5.41 Å². The molecule has 3 rings (SSSR count). The van der Waals surface area contributed by atoms with Crippen molar-refractivity contribution >= 4 is 24.2 Å². The number of nitrogens with two attached hydrogens (primary N) is 1. The summed E-state index contributed by atoms with van der Waals surface area (Å²) >= 11 is 0. The van der Waals surface area contributed by atoms with Gasteiger partial charge in [-0.05, 0) is 49.8 Å². The van der Waals surface area contributed by atoms with Crippen LogP contribution in [0.5, 0.6) is 5.75 Å². The van der Waals surface area contributed by atoms with Gasteiger partial charge >= 0.3 is 0 Å². The largest absolute Gasteiger partial charge is 0.484 e. The molecule has 1 aromatic rings. The van der Waals surface area contributed by atoms with Crippen LogP contribution in [0.15, 0.2) is 24.3 Å². The van der Waals surface area contributed by atoms with Crippen molar-refractivity contribution in [2.45, 2.75) is 38.1 Å². The minimum Gasteiger partial charge on any atom is -0.484 e. The van der Waals surface area contributed by atoms with Crippen LogP contribution in [0.2, 0.25) is 0 Å². The molecular formula is C20H30ClN3O4. The van der Waals surface area contributed by atoms with Gasteiger partial charge in [-0.2, -0.15) is 0 Å². The third kappa shape index (κ3) is 6.36. The first-order chi connectivity index (χ1) is 13.1. The lowest BCUT2D eigenvalue weighted by molar-refractivity contribution is -0.135. The molecule has 156 valence electrons. The van der Waals surface area contributed by atoms with Crippen molar-refractivity contribution in [3.63, 3.8) is 0 Å². The van der Waals surface area contributed by atoms with Crippen LogP contribution in [0.3, 0.4) is 0 Å². The van der Waals surface area contributed by atoms with Crippen molar-refractivity contribution in [1.29, 1.82) is 0 Å². The summed E-state index contributed by atoms with van der Waals surface area (Å²) in [5, 5.41) is 5.90. The number of carbonyl (C=O) groups is 2. The molecular weight excluding hydrogens is 382 g/mol. The molecule has 0 bridgehead atoms. The molecule has 1 aromatic carbocycles. The van der Waals surface area contributed by atoms with Crippen LogP contribution in [-0.4, -0.2) is 50.8 Å². The van der Waals surface area contributed by atoms with Gasteiger partial charge < -0.3 is 25.8 Å². The van der Waals surface area contributed by atoms with E-state index in [4.69, 9.17) is 15.2 Å². The van der Waals surface area contributed by atoms with Gasteiger partial charge in [-0.3, -0.25) is 9.59 Å². The Hall–Kier alpha value is -1.83. The molecule has 2 aliphatic rings. The molecule has 8 heteroatoms. The third-order valence-corrected chi connectivity index (χ3v) is 5.26. The van der Waals surface area contributed by atoms with Crippen molar-refractivity contribution in [3.8, 4) is 5.75 Å². The predicted molar refractivity (Wildman–Crippen MR) is 109 cm³/mol. The quantitative estimate of drug-likeness (QED) is 0.566. The second-order valence-electron chi connectivity index (χ2n) is 7.38. The summed E-state index contributed by atoms with van der Waals surface area (Å²) in [6.45, 7) is 2.13. The highest BCUT2D eigenvalue weighted by molar-refractivity contribution is 5.85. The minimum atomic E-state index is -0.489. The van der Waals surface area contributed by atoms with Gasteiger partial charge in [0.2, 0.25) is 5.91 Å². The maximum Gasteiger partial charge on any atom is 0.258 e. The van der Waals surface area contributed by atoms with Gasteiger partial charge in [0.05, 0.1) is 5.41 Å². The van der Waals surface area contributed by atoms with Crippen LogP contribution in [0.1, 0.15) is 31.2 Å². The Morgan fingerprint density at radius 1 is 1.18 bits per heavy atom. The Morgan fingerprint density at radius 3 is 2.46 bits per heavy atom. The van der Waals surface area contributed by atoms with Crippen LogP contribution in [-0.2, 0) is 20.7 Å². The smallest absolute Gasteiger partial charge is 0.258 e. The SMILES string of the molecule is Cl.NCC1(C(=O)NCCc2ccc(OCC(=O)NC3CC3)cc2)CCOCC1. The van der Waals surface area contributed by atoms with E-state index in [0.717, 1.165) is 24.8 Å². The first kappa shape index (κ1) is 22.5. The highest BCUT2D eigenvalue weighted by atomic mass is 35.5. The van der Waals surface area contributed by atoms with Gasteiger partial charge in [0.1, 0.15) is 5.75 Å². The third-order valence-electron chi connectivity index (χ3n) is 5.26. The second-order valence-corrected chi connectivity index (χ2v) is 7.38. The summed E-state index contributed by atoms with van der Waals surface area (Å²) in [5.41, 5.74) is 6.47. The van der Waals surface area contributed by atoms with Gasteiger partial charge in [0.15, 0.2) is 6.61 Å². The zero-order valence-corrected chi connectivity index (χ0v) is 16.9. The molecule has 1 saturated heterocycles. The molecule has 0 spiro atoms. The lowest BCUT2D eigenvalue weighted by Crippen LogP contribution is -2.49. The van der Waals surface area contributed by atoms with E-state index in [1.54, 1.807) is 0 Å². The summed E-state index contributed by atoms with van der Waals surface area (Å²) in [7, 11) is 0. The monoisotopic (exact) mass is 411 g/mol. The van der Waals surface area contributed by atoms with Gasteiger partial charge in [0.25, 0.3) is 5.91 Å². The molecule has 7 nitrogen and oxygen atoms in total. The molecule has 0 atom stereocenters. The molecule has 1 aliphatic carbocycles. The topological polar surface area (TPSA) is 103 Å². The van der Waals surface area contributed by atoms with Crippen molar-refractivity contribution < 1.29 is 19.1 Å². The number of nitrogens with one attached hydrogen (secondary N) is 2. The van der Waals surface area contributed by atoms with Crippen LogP contribution in [0.25, 0.3) is 0 Å². The molecule has 0 unspecified atom stereocenters. The molecule has 2 amide bonds. The number of hydrogen-bond donors (Lipinski definition) is 3. The van der Waals surface area contributed by atoms with Gasteiger partial charge in [-0.1, -0.05) is 12.1 Å². The van der Waals surface area contributed by atoms with Gasteiger partial charge in [0, 0.05) is 32.3 Å². The lowest BCUT2D eigenvalue weighted by atomic mass is 9.79. The van der Waals surface area contributed by atoms with E-state index in [1.807, 2.05) is 24.3 Å². The van der Waals surface area contributed by atoms with E-state index in [1.165, 1.54) is 0 Å². The fourth-order valence-electron chi connectivity index (χ4n) is 3.19. The zero-order valence-electron chi connectivity index (χ0n) is 16.1. The Bertz CT molecular complexity index is 643.